The number of rotatable bonds is 6. The van der Waals surface area contributed by atoms with Crippen LogP contribution in [0.5, 0.6) is 5.75 Å². The molecule has 0 bridgehead atoms. The normalized spacial score (nSPS) is 32.5. The molecule has 0 aliphatic carbocycles. The van der Waals surface area contributed by atoms with E-state index in [4.69, 9.17) is 14.2 Å². The lowest BCUT2D eigenvalue weighted by atomic mass is 9.89. The maximum atomic E-state index is 10.5. The van der Waals surface area contributed by atoms with Crippen LogP contribution < -0.4 is 4.74 Å². The summed E-state index contributed by atoms with van der Waals surface area (Å²) in [7, 11) is 0. The number of aliphatic hydroxyl groups excluding tert-OH is 5. The Morgan fingerprint density at radius 2 is 1.73 bits per heavy atom. The highest BCUT2D eigenvalue weighted by Gasteiger charge is 2.44. The first kappa shape index (κ1) is 24.1. The van der Waals surface area contributed by atoms with Crippen LogP contribution in [0.15, 0.2) is 42.5 Å². The number of ether oxygens (including phenoxy) is 3. The van der Waals surface area contributed by atoms with Gasteiger partial charge in [0, 0.05) is 13.0 Å². The average Bonchev–Trinajstić information content (AvgIpc) is 2.82. The third-order valence-electron chi connectivity index (χ3n) is 6.47. The number of benzene rings is 2. The van der Waals surface area contributed by atoms with Crippen molar-refractivity contribution < 1.29 is 39.7 Å². The summed E-state index contributed by atoms with van der Waals surface area (Å²) in [5.74, 6) is 0.667. The van der Waals surface area contributed by atoms with Gasteiger partial charge in [-0.05, 0) is 47.7 Å². The van der Waals surface area contributed by atoms with E-state index in [2.05, 4.69) is 0 Å². The van der Waals surface area contributed by atoms with Gasteiger partial charge in [0.15, 0.2) is 0 Å². The van der Waals surface area contributed by atoms with E-state index in [9.17, 15) is 25.5 Å². The van der Waals surface area contributed by atoms with E-state index < -0.39 is 43.2 Å². The smallest absolute Gasteiger partial charge is 0.148 e. The van der Waals surface area contributed by atoms with Gasteiger partial charge in [0.2, 0.25) is 0 Å². The quantitative estimate of drug-likeness (QED) is 0.425. The van der Waals surface area contributed by atoms with Crippen molar-refractivity contribution in [3.63, 3.8) is 0 Å². The van der Waals surface area contributed by atoms with Gasteiger partial charge in [-0.3, -0.25) is 0 Å². The van der Waals surface area contributed by atoms with Crippen LogP contribution in [0.3, 0.4) is 0 Å². The number of aryl methyl sites for hydroxylation is 1. The summed E-state index contributed by atoms with van der Waals surface area (Å²) < 4.78 is 16.9. The Bertz CT molecular complexity index is 915. The van der Waals surface area contributed by atoms with Crippen LogP contribution in [0.4, 0.5) is 0 Å². The Balaban J connectivity index is 1.47. The van der Waals surface area contributed by atoms with E-state index in [0.717, 1.165) is 16.7 Å². The van der Waals surface area contributed by atoms with Gasteiger partial charge in [-0.2, -0.15) is 0 Å². The van der Waals surface area contributed by atoms with Crippen molar-refractivity contribution in [3.05, 3.63) is 64.7 Å². The fourth-order valence-electron chi connectivity index (χ4n) is 4.33. The van der Waals surface area contributed by atoms with Crippen molar-refractivity contribution in [2.75, 3.05) is 19.8 Å². The molecule has 2 aromatic carbocycles. The molecule has 4 rings (SSSR count). The summed E-state index contributed by atoms with van der Waals surface area (Å²) in [6, 6.07) is 13.3. The molecule has 0 amide bonds. The summed E-state index contributed by atoms with van der Waals surface area (Å²) in [6.07, 6.45) is -5.63. The highest BCUT2D eigenvalue weighted by atomic mass is 16.6. The molecule has 0 spiro atoms. The van der Waals surface area contributed by atoms with Crippen LogP contribution in [0, 0.1) is 6.92 Å². The second-order valence-corrected chi connectivity index (χ2v) is 8.84. The monoisotopic (exact) mass is 460 g/mol. The minimum absolute atomic E-state index is 0.368. The summed E-state index contributed by atoms with van der Waals surface area (Å²) in [5.41, 5.74) is 3.80. The van der Waals surface area contributed by atoms with Gasteiger partial charge in [0.1, 0.15) is 42.4 Å². The maximum Gasteiger partial charge on any atom is 0.148 e. The lowest BCUT2D eigenvalue weighted by molar-refractivity contribution is -0.231. The van der Waals surface area contributed by atoms with Gasteiger partial charge in [0.05, 0.1) is 19.3 Å². The van der Waals surface area contributed by atoms with E-state index in [1.807, 2.05) is 49.4 Å². The van der Waals surface area contributed by atoms with E-state index in [1.165, 1.54) is 0 Å². The van der Waals surface area contributed by atoms with Crippen molar-refractivity contribution in [3.8, 4) is 5.75 Å². The largest absolute Gasteiger partial charge is 0.485 e. The highest BCUT2D eigenvalue weighted by molar-refractivity contribution is 5.38. The fourth-order valence-corrected chi connectivity index (χ4v) is 4.33. The van der Waals surface area contributed by atoms with Crippen LogP contribution in [-0.2, 0) is 15.9 Å². The molecule has 2 aromatic rings. The van der Waals surface area contributed by atoms with Crippen LogP contribution in [0.2, 0.25) is 0 Å². The van der Waals surface area contributed by atoms with Crippen molar-refractivity contribution in [1.29, 1.82) is 0 Å². The van der Waals surface area contributed by atoms with Crippen LogP contribution in [0.1, 0.15) is 34.8 Å². The predicted molar refractivity (Wildman–Crippen MR) is 119 cm³/mol. The molecule has 180 valence electrons. The molecule has 2 heterocycles. The lowest BCUT2D eigenvalue weighted by Crippen LogP contribution is -2.55. The molecule has 3 unspecified atom stereocenters. The van der Waals surface area contributed by atoms with Crippen molar-refractivity contribution in [2.24, 2.45) is 0 Å². The first-order valence-corrected chi connectivity index (χ1v) is 11.3. The Morgan fingerprint density at radius 1 is 0.970 bits per heavy atom. The Labute approximate surface area is 193 Å². The zero-order valence-corrected chi connectivity index (χ0v) is 18.6. The molecule has 2 aliphatic heterocycles. The van der Waals surface area contributed by atoms with Gasteiger partial charge in [-0.25, -0.2) is 0 Å². The standard InChI is InChI=1S/C25H32O8/c1-14-2-5-16(25-24(30)23(29)22(28)20(12-26)33-25)11-17(14)10-15-3-6-18(7-4-15)32-21-13-31-9-8-19(21)27/h2-7,11,19-30H,8-10,12-13H2,1H3/t19?,20-,21?,22-,23?,24-,25+/m1/s1. The zero-order valence-electron chi connectivity index (χ0n) is 18.6. The van der Waals surface area contributed by atoms with E-state index in [0.29, 0.717) is 37.4 Å². The Hall–Kier alpha value is -2.04. The van der Waals surface area contributed by atoms with Gasteiger partial charge in [-0.1, -0.05) is 30.3 Å². The van der Waals surface area contributed by atoms with Gasteiger partial charge in [0.25, 0.3) is 0 Å². The second kappa shape index (κ2) is 10.5. The number of aliphatic hydroxyl groups is 5. The SMILES string of the molecule is Cc1ccc([C@@H]2O[C@H](CO)[C@@H](O)C(O)[C@H]2O)cc1Cc1ccc(OC2COCCC2O)cc1. The van der Waals surface area contributed by atoms with E-state index >= 15 is 0 Å². The minimum atomic E-state index is -1.41. The van der Waals surface area contributed by atoms with Crippen LogP contribution >= 0.6 is 0 Å². The second-order valence-electron chi connectivity index (χ2n) is 8.84. The molecule has 7 atom stereocenters. The first-order chi connectivity index (χ1) is 15.9. The average molecular weight is 461 g/mol. The third kappa shape index (κ3) is 5.38. The molecule has 0 aromatic heterocycles. The summed E-state index contributed by atoms with van der Waals surface area (Å²) >= 11 is 0. The molecule has 8 nitrogen and oxygen atoms in total. The highest BCUT2D eigenvalue weighted by Crippen LogP contribution is 2.33. The first-order valence-electron chi connectivity index (χ1n) is 11.3. The van der Waals surface area contributed by atoms with Gasteiger partial charge in [-0.15, -0.1) is 0 Å². The van der Waals surface area contributed by atoms with Crippen molar-refractivity contribution in [2.45, 2.75) is 62.5 Å². The molecule has 5 N–H and O–H groups in total. The summed E-state index contributed by atoms with van der Waals surface area (Å²) in [4.78, 5) is 0. The number of hydrogen-bond acceptors (Lipinski definition) is 8. The molecular weight excluding hydrogens is 428 g/mol. The van der Waals surface area contributed by atoms with Gasteiger partial charge >= 0.3 is 0 Å². The molecule has 8 heteroatoms. The molecule has 0 saturated carbocycles. The third-order valence-corrected chi connectivity index (χ3v) is 6.47. The van der Waals surface area contributed by atoms with Crippen molar-refractivity contribution >= 4 is 0 Å². The summed E-state index contributed by atoms with van der Waals surface area (Å²) in [5, 5.41) is 50.1. The van der Waals surface area contributed by atoms with Crippen LogP contribution in [-0.4, -0.2) is 82.0 Å². The molecular formula is C25H32O8. The zero-order chi connectivity index (χ0) is 23.5. The van der Waals surface area contributed by atoms with E-state index in [1.54, 1.807) is 0 Å². The van der Waals surface area contributed by atoms with Crippen LogP contribution in [0.25, 0.3) is 0 Å². The molecule has 0 radical (unpaired) electrons. The topological polar surface area (TPSA) is 129 Å². The fraction of sp³-hybridized carbons (Fsp3) is 0.520. The van der Waals surface area contributed by atoms with Gasteiger partial charge < -0.3 is 39.7 Å². The molecule has 2 fully saturated rings. The molecule has 2 saturated heterocycles. The Morgan fingerprint density at radius 3 is 2.42 bits per heavy atom. The minimum Gasteiger partial charge on any atom is -0.485 e. The number of hydrogen-bond donors (Lipinski definition) is 5. The molecule has 2 aliphatic rings. The molecule has 33 heavy (non-hydrogen) atoms. The Kier molecular flexibility index (Phi) is 7.65. The maximum absolute atomic E-state index is 10.5. The lowest BCUT2D eigenvalue weighted by Gasteiger charge is -2.40. The summed E-state index contributed by atoms with van der Waals surface area (Å²) in [6.45, 7) is 2.45. The van der Waals surface area contributed by atoms with E-state index in [-0.39, 0.29) is 6.10 Å². The predicted octanol–water partition coefficient (Wildman–Crippen LogP) is 0.629. The van der Waals surface area contributed by atoms with Crippen molar-refractivity contribution in [1.82, 2.24) is 0 Å².